The van der Waals surface area contributed by atoms with E-state index < -0.39 is 5.41 Å². The lowest BCUT2D eigenvalue weighted by atomic mass is 9.80. The summed E-state index contributed by atoms with van der Waals surface area (Å²) in [4.78, 5) is 0. The Bertz CT molecular complexity index is 208. The van der Waals surface area contributed by atoms with Crippen LogP contribution in [0.5, 0.6) is 0 Å². The maximum atomic E-state index is 8.81. The van der Waals surface area contributed by atoms with E-state index in [1.54, 1.807) is 0 Å². The van der Waals surface area contributed by atoms with Crippen LogP contribution in [0.1, 0.15) is 12.8 Å². The van der Waals surface area contributed by atoms with E-state index >= 15 is 0 Å². The van der Waals surface area contributed by atoms with Gasteiger partial charge < -0.3 is 9.47 Å². The van der Waals surface area contributed by atoms with Crippen molar-refractivity contribution in [1.82, 2.24) is 5.48 Å². The Hall–Kier alpha value is -0.360. The van der Waals surface area contributed by atoms with Crippen molar-refractivity contribution in [1.29, 1.82) is 5.41 Å². The molecule has 1 aliphatic heterocycles. The molecule has 0 bridgehead atoms. The van der Waals surface area contributed by atoms with Crippen molar-refractivity contribution in [2.24, 2.45) is 5.41 Å². The molecular weight excluding hydrogens is 220 g/mol. The van der Waals surface area contributed by atoms with Gasteiger partial charge in [0.15, 0.2) is 0 Å². The van der Waals surface area contributed by atoms with Gasteiger partial charge in [0.1, 0.15) is 5.84 Å². The molecule has 1 aliphatic rings. The quantitative estimate of drug-likeness (QED) is 0.219. The summed E-state index contributed by atoms with van der Waals surface area (Å²) in [6.45, 7) is 2.04. The Morgan fingerprint density at radius 1 is 1.53 bits per heavy atom. The van der Waals surface area contributed by atoms with E-state index in [2.05, 4.69) is 0 Å². The first-order valence-electron chi connectivity index (χ1n) is 4.96. The maximum absolute atomic E-state index is 8.81. The summed E-state index contributed by atoms with van der Waals surface area (Å²) >= 11 is 5.51. The Balaban J connectivity index is 2.54. The summed E-state index contributed by atoms with van der Waals surface area (Å²) < 4.78 is 10.6. The van der Waals surface area contributed by atoms with Crippen LogP contribution >= 0.6 is 11.6 Å². The van der Waals surface area contributed by atoms with E-state index in [4.69, 9.17) is 31.7 Å². The summed E-state index contributed by atoms with van der Waals surface area (Å²) in [6.07, 6.45) is 1.36. The van der Waals surface area contributed by atoms with Crippen molar-refractivity contribution < 1.29 is 14.7 Å². The molecule has 0 aromatic rings. The second-order valence-electron chi connectivity index (χ2n) is 3.62. The average Bonchev–Trinajstić information content (AvgIpc) is 2.29. The summed E-state index contributed by atoms with van der Waals surface area (Å²) in [5, 5.41) is 16.5. The largest absolute Gasteiger partial charge is 0.381 e. The zero-order valence-electron chi connectivity index (χ0n) is 8.59. The minimum absolute atomic E-state index is 0.0976. The molecule has 0 aromatic heterocycles. The molecule has 88 valence electrons. The van der Waals surface area contributed by atoms with Gasteiger partial charge in [-0.05, 0) is 12.8 Å². The second kappa shape index (κ2) is 6.27. The summed E-state index contributed by atoms with van der Waals surface area (Å²) in [6, 6.07) is 0. The molecule has 0 spiro atoms. The van der Waals surface area contributed by atoms with Gasteiger partial charge >= 0.3 is 0 Å². The Morgan fingerprint density at radius 3 is 2.73 bits per heavy atom. The van der Waals surface area contributed by atoms with Gasteiger partial charge in [0.05, 0.1) is 18.6 Å². The summed E-state index contributed by atoms with van der Waals surface area (Å²) in [5.74, 6) is 0.535. The number of rotatable bonds is 5. The van der Waals surface area contributed by atoms with Gasteiger partial charge in [-0.15, -0.1) is 11.6 Å². The fraction of sp³-hybridized carbons (Fsp3) is 0.889. The molecule has 1 fully saturated rings. The number of hydrogen-bond acceptors (Lipinski definition) is 4. The smallest absolute Gasteiger partial charge is 0.126 e. The van der Waals surface area contributed by atoms with Crippen molar-refractivity contribution in [3.63, 3.8) is 0 Å². The number of halogens is 1. The SMILES string of the molecule is N=C(NO)C1(COCCCl)CCOCC1. The van der Waals surface area contributed by atoms with Gasteiger partial charge in [0.25, 0.3) is 0 Å². The minimum Gasteiger partial charge on any atom is -0.381 e. The van der Waals surface area contributed by atoms with E-state index in [0.717, 1.165) is 0 Å². The first-order chi connectivity index (χ1) is 7.25. The Kier molecular flexibility index (Phi) is 5.31. The van der Waals surface area contributed by atoms with E-state index in [1.165, 1.54) is 0 Å². The third kappa shape index (κ3) is 3.31. The molecule has 1 rings (SSSR count). The van der Waals surface area contributed by atoms with E-state index in [1.807, 2.05) is 5.48 Å². The summed E-state index contributed by atoms with van der Waals surface area (Å²) in [5.41, 5.74) is 1.47. The molecular formula is C9H17ClN2O3. The molecule has 0 aromatic carbocycles. The van der Waals surface area contributed by atoms with E-state index in [0.29, 0.717) is 45.1 Å². The highest BCUT2D eigenvalue weighted by atomic mass is 35.5. The Morgan fingerprint density at radius 2 is 2.20 bits per heavy atom. The van der Waals surface area contributed by atoms with Crippen LogP contribution in [0.25, 0.3) is 0 Å². The first-order valence-corrected chi connectivity index (χ1v) is 5.49. The molecule has 1 heterocycles. The van der Waals surface area contributed by atoms with Crippen LogP contribution in [-0.4, -0.2) is 43.4 Å². The number of amidine groups is 1. The van der Waals surface area contributed by atoms with Crippen LogP contribution in [0.15, 0.2) is 0 Å². The maximum Gasteiger partial charge on any atom is 0.126 e. The van der Waals surface area contributed by atoms with Crippen LogP contribution in [0.4, 0.5) is 0 Å². The highest BCUT2D eigenvalue weighted by Gasteiger charge is 2.37. The topological polar surface area (TPSA) is 74.6 Å². The lowest BCUT2D eigenvalue weighted by molar-refractivity contribution is -0.00781. The van der Waals surface area contributed by atoms with Gasteiger partial charge in [0, 0.05) is 19.1 Å². The van der Waals surface area contributed by atoms with E-state index in [-0.39, 0.29) is 5.84 Å². The van der Waals surface area contributed by atoms with Gasteiger partial charge in [-0.2, -0.15) is 0 Å². The van der Waals surface area contributed by atoms with Gasteiger partial charge in [-0.25, -0.2) is 0 Å². The molecule has 15 heavy (non-hydrogen) atoms. The zero-order chi connectivity index (χ0) is 11.1. The molecule has 0 radical (unpaired) electrons. The van der Waals surface area contributed by atoms with Gasteiger partial charge in [0.2, 0.25) is 0 Å². The van der Waals surface area contributed by atoms with Crippen molar-refractivity contribution in [3.8, 4) is 0 Å². The number of hydroxylamine groups is 1. The molecule has 0 aliphatic carbocycles. The molecule has 1 saturated heterocycles. The first kappa shape index (κ1) is 12.7. The van der Waals surface area contributed by atoms with Crippen LogP contribution < -0.4 is 5.48 Å². The van der Waals surface area contributed by atoms with Crippen molar-refractivity contribution in [2.75, 3.05) is 32.3 Å². The summed E-state index contributed by atoms with van der Waals surface area (Å²) in [7, 11) is 0. The predicted molar refractivity (Wildman–Crippen MR) is 56.7 cm³/mol. The van der Waals surface area contributed by atoms with Gasteiger partial charge in [-0.1, -0.05) is 0 Å². The van der Waals surface area contributed by atoms with Crippen LogP contribution in [0.3, 0.4) is 0 Å². The minimum atomic E-state index is -0.445. The zero-order valence-corrected chi connectivity index (χ0v) is 9.35. The number of ether oxygens (including phenoxy) is 2. The highest BCUT2D eigenvalue weighted by molar-refractivity contribution is 6.17. The van der Waals surface area contributed by atoms with E-state index in [9.17, 15) is 0 Å². The molecule has 0 saturated carbocycles. The standard InChI is InChI=1S/C9H17ClN2O3/c10-3-6-15-7-9(8(11)12-13)1-4-14-5-2-9/h13H,1-7H2,(H2,11,12). The molecule has 0 unspecified atom stereocenters. The molecule has 5 nitrogen and oxygen atoms in total. The lowest BCUT2D eigenvalue weighted by Crippen LogP contribution is -2.46. The number of alkyl halides is 1. The number of hydrogen-bond donors (Lipinski definition) is 3. The van der Waals surface area contributed by atoms with Crippen molar-refractivity contribution >= 4 is 17.4 Å². The fourth-order valence-electron chi connectivity index (χ4n) is 1.67. The highest BCUT2D eigenvalue weighted by Crippen LogP contribution is 2.31. The van der Waals surface area contributed by atoms with Crippen LogP contribution in [0, 0.1) is 10.8 Å². The van der Waals surface area contributed by atoms with Crippen molar-refractivity contribution in [2.45, 2.75) is 12.8 Å². The molecule has 0 amide bonds. The Labute approximate surface area is 94.2 Å². The van der Waals surface area contributed by atoms with Gasteiger partial charge in [-0.3, -0.25) is 16.1 Å². The van der Waals surface area contributed by atoms with Crippen LogP contribution in [0.2, 0.25) is 0 Å². The number of nitrogens with one attached hydrogen (secondary N) is 2. The van der Waals surface area contributed by atoms with Crippen LogP contribution in [-0.2, 0) is 9.47 Å². The van der Waals surface area contributed by atoms with Crippen molar-refractivity contribution in [3.05, 3.63) is 0 Å². The molecule has 3 N–H and O–H groups in total. The molecule has 6 heteroatoms. The second-order valence-corrected chi connectivity index (χ2v) is 4.00. The fourth-order valence-corrected chi connectivity index (χ4v) is 1.78. The molecule has 0 atom stereocenters. The predicted octanol–water partition coefficient (Wildman–Crippen LogP) is 0.995. The third-order valence-corrected chi connectivity index (χ3v) is 2.85. The monoisotopic (exact) mass is 236 g/mol. The average molecular weight is 237 g/mol. The normalized spacial score (nSPS) is 19.9. The third-order valence-electron chi connectivity index (χ3n) is 2.69. The lowest BCUT2D eigenvalue weighted by Gasteiger charge is -2.36.